The number of carbonyl (C=O) groups excluding carboxylic acids is 3. The van der Waals surface area contributed by atoms with Crippen LogP contribution in [0.4, 0.5) is 4.79 Å². The van der Waals surface area contributed by atoms with E-state index in [1.165, 1.54) is 11.3 Å². The van der Waals surface area contributed by atoms with Gasteiger partial charge in [-0.25, -0.2) is 9.59 Å². The highest BCUT2D eigenvalue weighted by Crippen LogP contribution is 2.13. The number of likely N-dealkylation sites (N-methyl/N-ethyl adjacent to an activating group) is 1. The van der Waals surface area contributed by atoms with Crippen molar-refractivity contribution in [3.05, 3.63) is 11.6 Å². The lowest BCUT2D eigenvalue weighted by atomic mass is 9.98. The minimum atomic E-state index is -0.698. The number of hydrogen-bond donors (Lipinski definition) is 1. The second-order valence-corrected chi connectivity index (χ2v) is 8.04. The first-order chi connectivity index (χ1) is 13.3. The van der Waals surface area contributed by atoms with Crippen LogP contribution < -0.4 is 5.32 Å². The fraction of sp³-hybridized carbons (Fsp3) is 0.773. The molecule has 0 rings (SSSR count). The van der Waals surface area contributed by atoms with Crippen molar-refractivity contribution in [1.29, 1.82) is 0 Å². The first kappa shape index (κ1) is 29.2. The van der Waals surface area contributed by atoms with Gasteiger partial charge in [0, 0.05) is 19.2 Å². The van der Waals surface area contributed by atoms with Crippen molar-refractivity contribution in [2.75, 3.05) is 20.2 Å². The Labute approximate surface area is 177 Å². The molecule has 7 nitrogen and oxygen atoms in total. The summed E-state index contributed by atoms with van der Waals surface area (Å²) in [6, 6.07) is -0.698. The molecule has 0 radical (unpaired) electrons. The van der Waals surface area contributed by atoms with Crippen LogP contribution in [0.5, 0.6) is 0 Å². The summed E-state index contributed by atoms with van der Waals surface area (Å²) < 4.78 is 10.2. The molecule has 0 spiro atoms. The predicted molar refractivity (Wildman–Crippen MR) is 117 cm³/mol. The molecule has 0 aromatic rings. The number of esters is 1. The Morgan fingerprint density at radius 3 is 2.03 bits per heavy atom. The number of hydrogen-bond acceptors (Lipinski definition) is 5. The van der Waals surface area contributed by atoms with Gasteiger partial charge in [-0.15, -0.1) is 0 Å². The number of rotatable bonds is 8. The summed E-state index contributed by atoms with van der Waals surface area (Å²) in [5, 5.41) is 2.67. The lowest BCUT2D eigenvalue weighted by Crippen LogP contribution is -2.51. The fourth-order valence-corrected chi connectivity index (χ4v) is 2.05. The molecular weight excluding hydrogens is 372 g/mol. The second-order valence-electron chi connectivity index (χ2n) is 8.04. The molecule has 0 aromatic heterocycles. The summed E-state index contributed by atoms with van der Waals surface area (Å²) in [6.07, 6.45) is 2.98. The Morgan fingerprint density at radius 2 is 1.62 bits per heavy atom. The largest absolute Gasteiger partial charge is 0.463 e. The molecule has 0 aromatic carbocycles. The Bertz CT molecular complexity index is 538. The molecule has 2 amide bonds. The van der Waals surface area contributed by atoms with Crippen LogP contribution in [0.25, 0.3) is 0 Å². The van der Waals surface area contributed by atoms with Crippen molar-refractivity contribution < 1.29 is 23.9 Å². The van der Waals surface area contributed by atoms with Crippen molar-refractivity contribution in [2.24, 2.45) is 5.92 Å². The van der Waals surface area contributed by atoms with E-state index in [0.29, 0.717) is 12.2 Å². The Morgan fingerprint density at radius 1 is 1.10 bits per heavy atom. The summed E-state index contributed by atoms with van der Waals surface area (Å²) in [6.45, 7) is 17.3. The zero-order valence-corrected chi connectivity index (χ0v) is 20.0. The number of carbonyl (C=O) groups is 3. The highest BCUT2D eigenvalue weighted by Gasteiger charge is 2.30. The molecule has 2 atom stereocenters. The molecule has 0 saturated carbocycles. The van der Waals surface area contributed by atoms with Crippen LogP contribution in [-0.4, -0.2) is 54.7 Å². The van der Waals surface area contributed by atoms with Crippen molar-refractivity contribution >= 4 is 18.0 Å². The van der Waals surface area contributed by atoms with Crippen LogP contribution in [-0.2, 0) is 19.1 Å². The summed E-state index contributed by atoms with van der Waals surface area (Å²) in [4.78, 5) is 37.9. The van der Waals surface area contributed by atoms with E-state index in [9.17, 15) is 14.4 Å². The van der Waals surface area contributed by atoms with Crippen molar-refractivity contribution in [2.45, 2.75) is 86.8 Å². The van der Waals surface area contributed by atoms with Crippen LogP contribution in [0.15, 0.2) is 11.6 Å². The van der Waals surface area contributed by atoms with E-state index < -0.39 is 23.7 Å². The first-order valence-corrected chi connectivity index (χ1v) is 10.4. The lowest BCUT2D eigenvalue weighted by molar-refractivity contribution is -0.138. The Balaban J connectivity index is 0. The standard InChI is InChI=1S/C19H34N2O5.C3H8/c1-9-13(3)15(20-18(24)26-19(5,6)7)16(22)21(8)12-11-14(4)17(23)25-10-2;1-3-2/h11,13,15H,9-10,12H2,1-8H3,(H,20,24);3H2,1-2H3/b14-11+;. The van der Waals surface area contributed by atoms with Crippen molar-refractivity contribution in [3.8, 4) is 0 Å². The van der Waals surface area contributed by atoms with Gasteiger partial charge in [0.1, 0.15) is 11.6 Å². The first-order valence-electron chi connectivity index (χ1n) is 10.4. The van der Waals surface area contributed by atoms with Crippen LogP contribution >= 0.6 is 0 Å². The molecule has 2 unspecified atom stereocenters. The van der Waals surface area contributed by atoms with E-state index in [4.69, 9.17) is 9.47 Å². The highest BCUT2D eigenvalue weighted by molar-refractivity contribution is 5.88. The minimum Gasteiger partial charge on any atom is -0.463 e. The van der Waals surface area contributed by atoms with Gasteiger partial charge in [-0.05, 0) is 40.5 Å². The van der Waals surface area contributed by atoms with Gasteiger partial charge in [-0.2, -0.15) is 0 Å². The third kappa shape index (κ3) is 13.7. The highest BCUT2D eigenvalue weighted by atomic mass is 16.6. The number of amides is 2. The van der Waals surface area contributed by atoms with Crippen molar-refractivity contribution in [1.82, 2.24) is 10.2 Å². The summed E-state index contributed by atoms with van der Waals surface area (Å²) >= 11 is 0. The number of nitrogens with zero attached hydrogens (tertiary/aromatic N) is 1. The molecular formula is C22H42N2O5. The second kappa shape index (κ2) is 14.9. The maximum atomic E-state index is 12.8. The Kier molecular flexibility index (Phi) is 15.0. The average molecular weight is 415 g/mol. The Hall–Kier alpha value is -2.05. The maximum absolute atomic E-state index is 12.8. The van der Waals surface area contributed by atoms with E-state index in [1.807, 2.05) is 13.8 Å². The van der Waals surface area contributed by atoms with Gasteiger partial charge < -0.3 is 19.7 Å². The number of alkyl carbamates (subject to hydrolysis) is 1. The topological polar surface area (TPSA) is 84.9 Å². The van der Waals surface area contributed by atoms with E-state index in [1.54, 1.807) is 47.7 Å². The van der Waals surface area contributed by atoms with Crippen LogP contribution in [0, 0.1) is 5.92 Å². The van der Waals surface area contributed by atoms with E-state index in [2.05, 4.69) is 19.2 Å². The molecule has 0 saturated heterocycles. The predicted octanol–water partition coefficient (Wildman–Crippen LogP) is 4.31. The average Bonchev–Trinajstić information content (AvgIpc) is 2.62. The molecule has 1 N–H and O–H groups in total. The summed E-state index contributed by atoms with van der Waals surface area (Å²) in [7, 11) is 1.63. The molecule has 0 aliphatic heterocycles. The van der Waals surface area contributed by atoms with E-state index >= 15 is 0 Å². The molecule has 0 aliphatic carbocycles. The number of nitrogens with one attached hydrogen (secondary N) is 1. The molecule has 0 bridgehead atoms. The molecule has 0 fully saturated rings. The lowest BCUT2D eigenvalue weighted by Gasteiger charge is -2.29. The fourth-order valence-electron chi connectivity index (χ4n) is 2.05. The van der Waals surface area contributed by atoms with Gasteiger partial charge in [0.15, 0.2) is 0 Å². The third-order valence-corrected chi connectivity index (χ3v) is 3.80. The normalized spacial score (nSPS) is 13.4. The van der Waals surface area contributed by atoms with Crippen molar-refractivity contribution in [3.63, 3.8) is 0 Å². The molecule has 29 heavy (non-hydrogen) atoms. The van der Waals surface area contributed by atoms with Gasteiger partial charge in [0.05, 0.1) is 6.61 Å². The monoisotopic (exact) mass is 414 g/mol. The molecule has 7 heteroatoms. The SMILES string of the molecule is CCC.CCOC(=O)/C(C)=C/CN(C)C(=O)C(NC(=O)OC(C)(C)C)C(C)CC. The zero-order chi connectivity index (χ0) is 23.2. The summed E-state index contributed by atoms with van der Waals surface area (Å²) in [5.41, 5.74) is -0.204. The molecule has 0 aliphatic rings. The van der Waals surface area contributed by atoms with Gasteiger partial charge in [-0.1, -0.05) is 46.6 Å². The van der Waals surface area contributed by atoms with Crippen LogP contribution in [0.3, 0.4) is 0 Å². The summed E-state index contributed by atoms with van der Waals surface area (Å²) in [5.74, 6) is -0.704. The van der Waals surface area contributed by atoms with Gasteiger partial charge in [-0.3, -0.25) is 4.79 Å². The number of ether oxygens (including phenoxy) is 2. The van der Waals surface area contributed by atoms with E-state index in [-0.39, 0.29) is 18.4 Å². The molecule has 0 heterocycles. The smallest absolute Gasteiger partial charge is 0.408 e. The van der Waals surface area contributed by atoms with Gasteiger partial charge >= 0.3 is 12.1 Å². The van der Waals surface area contributed by atoms with E-state index in [0.717, 1.165) is 6.42 Å². The zero-order valence-electron chi connectivity index (χ0n) is 20.0. The quantitative estimate of drug-likeness (QED) is 0.472. The maximum Gasteiger partial charge on any atom is 0.408 e. The van der Waals surface area contributed by atoms with Crippen LogP contribution in [0.2, 0.25) is 0 Å². The van der Waals surface area contributed by atoms with Gasteiger partial charge in [0.25, 0.3) is 0 Å². The van der Waals surface area contributed by atoms with Crippen LogP contribution in [0.1, 0.15) is 75.2 Å². The van der Waals surface area contributed by atoms with Gasteiger partial charge in [0.2, 0.25) is 5.91 Å². The third-order valence-electron chi connectivity index (χ3n) is 3.80. The minimum absolute atomic E-state index is 0.0624. The molecule has 170 valence electrons.